The summed E-state index contributed by atoms with van der Waals surface area (Å²) in [7, 11) is 0. The summed E-state index contributed by atoms with van der Waals surface area (Å²) < 4.78 is 13.1. The molecular weight excluding hydrogens is 729 g/mol. The topological polar surface area (TPSA) is 26.3 Å². The number of benzene rings is 11. The third kappa shape index (κ3) is 4.82. The Morgan fingerprint density at radius 2 is 0.500 bits per heavy atom. The molecule has 0 aliphatic rings. The Labute approximate surface area is 345 Å². The highest BCUT2D eigenvalue weighted by Crippen LogP contribution is 2.47. The first-order valence-corrected chi connectivity index (χ1v) is 20.6. The van der Waals surface area contributed by atoms with Crippen LogP contribution < -0.4 is 0 Å². The van der Waals surface area contributed by atoms with E-state index in [1.54, 1.807) is 0 Å². The average molecular weight is 763 g/mol. The van der Waals surface area contributed by atoms with Crippen LogP contribution in [0.5, 0.6) is 0 Å². The molecule has 0 aliphatic heterocycles. The summed E-state index contributed by atoms with van der Waals surface area (Å²) in [4.78, 5) is 0. The quantitative estimate of drug-likeness (QED) is 0.167. The van der Waals surface area contributed by atoms with E-state index in [2.05, 4.69) is 194 Å². The molecule has 0 saturated heterocycles. The van der Waals surface area contributed by atoms with E-state index in [-0.39, 0.29) is 0 Å². The molecule has 2 heterocycles. The highest BCUT2D eigenvalue weighted by molar-refractivity contribution is 6.24. The van der Waals surface area contributed by atoms with E-state index < -0.39 is 0 Å². The highest BCUT2D eigenvalue weighted by atomic mass is 16.3. The van der Waals surface area contributed by atoms with E-state index in [0.29, 0.717) is 0 Å². The van der Waals surface area contributed by atoms with Crippen molar-refractivity contribution in [2.24, 2.45) is 0 Å². The molecule has 0 spiro atoms. The SMILES string of the molecule is c1ccc(-c2c3ccccc3c(-c3ccc4oc5cc(-c6c7ccccc7c(-c7ccc8c(c7)oc7ccccc78)c7ccccc67)ccc5c4c3)c3ccccc23)cc1. The zero-order valence-electron chi connectivity index (χ0n) is 32.4. The van der Waals surface area contributed by atoms with Gasteiger partial charge in [-0.05, 0) is 130 Å². The van der Waals surface area contributed by atoms with Crippen molar-refractivity contribution < 1.29 is 8.83 Å². The molecule has 2 nitrogen and oxygen atoms in total. The van der Waals surface area contributed by atoms with Gasteiger partial charge in [-0.15, -0.1) is 0 Å². The van der Waals surface area contributed by atoms with Gasteiger partial charge < -0.3 is 8.83 Å². The molecule has 0 saturated carbocycles. The molecule has 0 aliphatic carbocycles. The fraction of sp³-hybridized carbons (Fsp3) is 0. The zero-order valence-corrected chi connectivity index (χ0v) is 32.4. The number of fused-ring (bicyclic) bond motifs is 10. The van der Waals surface area contributed by atoms with Crippen molar-refractivity contribution in [1.82, 2.24) is 0 Å². The lowest BCUT2D eigenvalue weighted by Gasteiger charge is -2.18. The Morgan fingerprint density at radius 1 is 0.183 bits per heavy atom. The first kappa shape index (κ1) is 33.1. The summed E-state index contributed by atoms with van der Waals surface area (Å²) in [6.45, 7) is 0. The molecule has 0 N–H and O–H groups in total. The second-order valence-corrected chi connectivity index (χ2v) is 15.9. The van der Waals surface area contributed by atoms with Gasteiger partial charge in [0, 0.05) is 21.5 Å². The van der Waals surface area contributed by atoms with Crippen molar-refractivity contribution in [3.63, 3.8) is 0 Å². The summed E-state index contributed by atoms with van der Waals surface area (Å²) in [6, 6.07) is 74.5. The average Bonchev–Trinajstić information content (AvgIpc) is 3.87. The molecule has 0 radical (unpaired) electrons. The monoisotopic (exact) mass is 762 g/mol. The smallest absolute Gasteiger partial charge is 0.136 e. The zero-order chi connectivity index (χ0) is 39.3. The predicted octanol–water partition coefficient (Wildman–Crippen LogP) is 16.8. The highest BCUT2D eigenvalue weighted by Gasteiger charge is 2.21. The van der Waals surface area contributed by atoms with E-state index in [0.717, 1.165) is 55.0 Å². The lowest BCUT2D eigenvalue weighted by molar-refractivity contribution is 0.668. The molecular formula is C58H34O2. The maximum Gasteiger partial charge on any atom is 0.136 e. The predicted molar refractivity (Wildman–Crippen MR) is 253 cm³/mol. The van der Waals surface area contributed by atoms with Gasteiger partial charge in [0.25, 0.3) is 0 Å². The van der Waals surface area contributed by atoms with E-state index in [4.69, 9.17) is 8.83 Å². The van der Waals surface area contributed by atoms with Crippen molar-refractivity contribution in [3.8, 4) is 44.5 Å². The first-order valence-electron chi connectivity index (χ1n) is 20.6. The normalized spacial score (nSPS) is 12.0. The molecule has 13 aromatic rings. The Kier molecular flexibility index (Phi) is 7.05. The summed E-state index contributed by atoms with van der Waals surface area (Å²) in [5, 5.41) is 14.3. The Bertz CT molecular complexity index is 3770. The van der Waals surface area contributed by atoms with Gasteiger partial charge in [0.2, 0.25) is 0 Å². The van der Waals surface area contributed by atoms with Crippen molar-refractivity contribution >= 4 is 87.0 Å². The summed E-state index contributed by atoms with van der Waals surface area (Å²) in [5.41, 5.74) is 13.2. The van der Waals surface area contributed by atoms with E-state index in [9.17, 15) is 0 Å². The minimum atomic E-state index is 0.876. The number of para-hydroxylation sites is 1. The van der Waals surface area contributed by atoms with Gasteiger partial charge in [0.15, 0.2) is 0 Å². The van der Waals surface area contributed by atoms with Crippen LogP contribution in [-0.2, 0) is 0 Å². The van der Waals surface area contributed by atoms with Crippen LogP contribution in [0.1, 0.15) is 0 Å². The van der Waals surface area contributed by atoms with E-state index in [1.165, 1.54) is 76.5 Å². The number of hydrogen-bond donors (Lipinski definition) is 0. The van der Waals surface area contributed by atoms with Crippen LogP contribution in [0.15, 0.2) is 215 Å². The molecule has 11 aromatic carbocycles. The molecule has 2 aromatic heterocycles. The molecule has 0 amide bonds. The van der Waals surface area contributed by atoms with Crippen LogP contribution in [0.4, 0.5) is 0 Å². The van der Waals surface area contributed by atoms with Gasteiger partial charge in [0.05, 0.1) is 0 Å². The molecule has 0 unspecified atom stereocenters. The Hall–Kier alpha value is -7.94. The molecule has 13 rings (SSSR count). The minimum absolute atomic E-state index is 0.876. The second-order valence-electron chi connectivity index (χ2n) is 15.9. The Morgan fingerprint density at radius 3 is 0.967 bits per heavy atom. The molecule has 2 heteroatoms. The number of furan rings is 2. The third-order valence-electron chi connectivity index (χ3n) is 12.6. The van der Waals surface area contributed by atoms with Gasteiger partial charge in [0.1, 0.15) is 22.3 Å². The number of hydrogen-bond acceptors (Lipinski definition) is 2. The van der Waals surface area contributed by atoms with Crippen LogP contribution in [0, 0.1) is 0 Å². The lowest BCUT2D eigenvalue weighted by Crippen LogP contribution is -1.91. The van der Waals surface area contributed by atoms with Crippen molar-refractivity contribution in [3.05, 3.63) is 206 Å². The van der Waals surface area contributed by atoms with E-state index >= 15 is 0 Å². The van der Waals surface area contributed by atoms with E-state index in [1.807, 2.05) is 12.1 Å². The molecule has 60 heavy (non-hydrogen) atoms. The van der Waals surface area contributed by atoms with Crippen molar-refractivity contribution in [2.45, 2.75) is 0 Å². The minimum Gasteiger partial charge on any atom is -0.456 e. The maximum absolute atomic E-state index is 6.73. The van der Waals surface area contributed by atoms with Gasteiger partial charge >= 0.3 is 0 Å². The molecule has 0 atom stereocenters. The van der Waals surface area contributed by atoms with Gasteiger partial charge in [-0.25, -0.2) is 0 Å². The summed E-state index contributed by atoms with van der Waals surface area (Å²) >= 11 is 0. The van der Waals surface area contributed by atoms with Gasteiger partial charge in [-0.2, -0.15) is 0 Å². The first-order chi connectivity index (χ1) is 29.8. The Balaban J connectivity index is 0.994. The second kappa shape index (κ2) is 12.8. The summed E-state index contributed by atoms with van der Waals surface area (Å²) in [5.74, 6) is 0. The fourth-order valence-electron chi connectivity index (χ4n) is 10.1. The van der Waals surface area contributed by atoms with Crippen LogP contribution in [0.3, 0.4) is 0 Å². The number of rotatable bonds is 4. The maximum atomic E-state index is 6.73. The molecule has 278 valence electrons. The van der Waals surface area contributed by atoms with Crippen LogP contribution >= 0.6 is 0 Å². The van der Waals surface area contributed by atoms with Crippen LogP contribution in [0.2, 0.25) is 0 Å². The van der Waals surface area contributed by atoms with Crippen LogP contribution in [-0.4, -0.2) is 0 Å². The van der Waals surface area contributed by atoms with Crippen LogP contribution in [0.25, 0.3) is 131 Å². The lowest BCUT2D eigenvalue weighted by atomic mass is 9.85. The summed E-state index contributed by atoms with van der Waals surface area (Å²) in [6.07, 6.45) is 0. The largest absolute Gasteiger partial charge is 0.456 e. The fourth-order valence-corrected chi connectivity index (χ4v) is 10.1. The van der Waals surface area contributed by atoms with Gasteiger partial charge in [-0.1, -0.05) is 164 Å². The third-order valence-corrected chi connectivity index (χ3v) is 12.6. The van der Waals surface area contributed by atoms with Crippen molar-refractivity contribution in [2.75, 3.05) is 0 Å². The molecule has 0 fully saturated rings. The van der Waals surface area contributed by atoms with Crippen molar-refractivity contribution in [1.29, 1.82) is 0 Å². The molecule has 0 bridgehead atoms. The van der Waals surface area contributed by atoms with Gasteiger partial charge in [-0.3, -0.25) is 0 Å². The standard InChI is InChI=1S/C58H34O2/c1-2-14-35(15-3-1)55-42-17-4-6-19-44(42)56(45-20-7-5-18-43(45)55)36-28-31-52-50(32-36)41-30-27-38(34-54(41)60-52)58-48-23-10-8-21-46(48)57(47-22-9-11-24-49(47)58)37-26-29-40-39-16-12-13-25-51(39)59-53(40)33-37/h1-34H.